The molecule has 0 saturated carbocycles. The van der Waals surface area contributed by atoms with E-state index in [0.29, 0.717) is 18.1 Å². The number of esters is 1. The molecule has 128 valence electrons. The Morgan fingerprint density at radius 2 is 2.00 bits per heavy atom. The van der Waals surface area contributed by atoms with E-state index in [2.05, 4.69) is 14.7 Å². The summed E-state index contributed by atoms with van der Waals surface area (Å²) in [4.78, 5) is 18.9. The summed E-state index contributed by atoms with van der Waals surface area (Å²) in [6.45, 7) is 0.294. The molecule has 0 aliphatic rings. The van der Waals surface area contributed by atoms with Gasteiger partial charge in [0.2, 0.25) is 0 Å². The first kappa shape index (κ1) is 16.6. The number of para-hydroxylation sites is 2. The molecule has 0 unspecified atom stereocenters. The number of fused-ring (bicyclic) bond motifs is 1. The summed E-state index contributed by atoms with van der Waals surface area (Å²) in [7, 11) is 2.90. The lowest BCUT2D eigenvalue weighted by Crippen LogP contribution is -1.99. The lowest BCUT2D eigenvalue weighted by molar-refractivity contribution is -0.134. The van der Waals surface area contributed by atoms with Gasteiger partial charge < -0.3 is 19.2 Å². The van der Waals surface area contributed by atoms with Crippen LogP contribution in [0, 0.1) is 0 Å². The van der Waals surface area contributed by atoms with Crippen molar-refractivity contribution in [3.05, 3.63) is 59.9 Å². The number of hydrogen-bond donors (Lipinski definition) is 1. The number of carbonyl (C=O) groups is 1. The van der Waals surface area contributed by atoms with Crippen LogP contribution < -0.4 is 9.47 Å². The first-order valence-electron chi connectivity index (χ1n) is 7.70. The maximum absolute atomic E-state index is 11.2. The molecular weight excluding hydrogens is 320 g/mol. The number of nitrogens with zero attached hydrogens (tertiary/aromatic N) is 1. The monoisotopic (exact) mass is 338 g/mol. The minimum absolute atomic E-state index is 0.294. The number of methoxy groups -OCH3 is 2. The summed E-state index contributed by atoms with van der Waals surface area (Å²) >= 11 is 0. The van der Waals surface area contributed by atoms with Crippen LogP contribution >= 0.6 is 0 Å². The minimum Gasteiger partial charge on any atom is -0.493 e. The Morgan fingerprint density at radius 3 is 2.76 bits per heavy atom. The molecule has 0 saturated heterocycles. The van der Waals surface area contributed by atoms with Gasteiger partial charge in [-0.3, -0.25) is 0 Å². The highest BCUT2D eigenvalue weighted by Gasteiger charge is 2.08. The SMILES string of the molecule is COC(=O)C=Cc1ccc(OCc2nc3ccccc3[nH]2)c(OC)c1. The number of ether oxygens (including phenoxy) is 3. The molecule has 3 rings (SSSR count). The van der Waals surface area contributed by atoms with Crippen LogP contribution in [0.1, 0.15) is 11.4 Å². The first-order chi connectivity index (χ1) is 12.2. The molecule has 1 N–H and O–H groups in total. The van der Waals surface area contributed by atoms with E-state index in [-0.39, 0.29) is 0 Å². The minimum atomic E-state index is -0.413. The van der Waals surface area contributed by atoms with Crippen LogP contribution in [0.3, 0.4) is 0 Å². The molecule has 1 aromatic heterocycles. The number of aromatic amines is 1. The number of aromatic nitrogens is 2. The fourth-order valence-corrected chi connectivity index (χ4v) is 2.36. The predicted octanol–water partition coefficient (Wildman–Crippen LogP) is 3.34. The van der Waals surface area contributed by atoms with Gasteiger partial charge in [0.05, 0.1) is 25.3 Å². The van der Waals surface area contributed by atoms with Crippen LogP contribution in [0.15, 0.2) is 48.5 Å². The van der Waals surface area contributed by atoms with Crippen molar-refractivity contribution in [2.45, 2.75) is 6.61 Å². The third kappa shape index (κ3) is 3.98. The molecule has 6 nitrogen and oxygen atoms in total. The standard InChI is InChI=1S/C19H18N2O4/c1-23-17-11-13(8-10-19(22)24-2)7-9-16(17)25-12-18-20-14-5-3-4-6-15(14)21-18/h3-11H,12H2,1-2H3,(H,20,21). The molecule has 6 heteroatoms. The Kier molecular flexibility index (Phi) is 4.99. The number of carbonyl (C=O) groups excluding carboxylic acids is 1. The molecule has 0 spiro atoms. The van der Waals surface area contributed by atoms with E-state index in [0.717, 1.165) is 22.4 Å². The quantitative estimate of drug-likeness (QED) is 0.551. The Hall–Kier alpha value is -3.28. The van der Waals surface area contributed by atoms with Gasteiger partial charge in [-0.25, -0.2) is 9.78 Å². The highest BCUT2D eigenvalue weighted by molar-refractivity contribution is 5.87. The predicted molar refractivity (Wildman–Crippen MR) is 94.5 cm³/mol. The number of H-pyrrole nitrogens is 1. The van der Waals surface area contributed by atoms with Gasteiger partial charge in [0.25, 0.3) is 0 Å². The lowest BCUT2D eigenvalue weighted by Gasteiger charge is -2.10. The third-order valence-electron chi connectivity index (χ3n) is 3.60. The van der Waals surface area contributed by atoms with E-state index in [1.807, 2.05) is 30.3 Å². The van der Waals surface area contributed by atoms with Crippen LogP contribution in [-0.4, -0.2) is 30.2 Å². The molecule has 0 amide bonds. The van der Waals surface area contributed by atoms with Gasteiger partial charge in [-0.15, -0.1) is 0 Å². The number of benzene rings is 2. The average molecular weight is 338 g/mol. The van der Waals surface area contributed by atoms with Gasteiger partial charge in [-0.05, 0) is 35.9 Å². The number of nitrogens with one attached hydrogen (secondary N) is 1. The summed E-state index contributed by atoms with van der Waals surface area (Å²) < 4.78 is 15.7. The van der Waals surface area contributed by atoms with Crippen molar-refractivity contribution in [2.24, 2.45) is 0 Å². The summed E-state index contributed by atoms with van der Waals surface area (Å²) in [5, 5.41) is 0. The van der Waals surface area contributed by atoms with Crippen molar-refractivity contribution in [1.82, 2.24) is 9.97 Å². The summed E-state index contributed by atoms with van der Waals surface area (Å²) in [6, 6.07) is 13.2. The van der Waals surface area contributed by atoms with Gasteiger partial charge in [0.1, 0.15) is 12.4 Å². The molecule has 0 radical (unpaired) electrons. The second-order valence-electron chi connectivity index (χ2n) is 5.26. The van der Waals surface area contributed by atoms with Gasteiger partial charge in [-0.1, -0.05) is 18.2 Å². The van der Waals surface area contributed by atoms with Crippen molar-refractivity contribution in [3.63, 3.8) is 0 Å². The van der Waals surface area contributed by atoms with Gasteiger partial charge >= 0.3 is 5.97 Å². The van der Waals surface area contributed by atoms with E-state index in [4.69, 9.17) is 9.47 Å². The molecule has 0 fully saturated rings. The number of rotatable bonds is 6. The molecule has 25 heavy (non-hydrogen) atoms. The maximum Gasteiger partial charge on any atom is 0.330 e. The van der Waals surface area contributed by atoms with E-state index in [9.17, 15) is 4.79 Å². The zero-order chi connectivity index (χ0) is 17.6. The normalized spacial score (nSPS) is 11.0. The zero-order valence-corrected chi connectivity index (χ0v) is 14.0. The highest BCUT2D eigenvalue weighted by atomic mass is 16.5. The fraction of sp³-hybridized carbons (Fsp3) is 0.158. The Morgan fingerprint density at radius 1 is 1.16 bits per heavy atom. The average Bonchev–Trinajstić information content (AvgIpc) is 3.07. The molecule has 0 aliphatic carbocycles. The molecular formula is C19H18N2O4. The molecule has 0 aliphatic heterocycles. The Bertz CT molecular complexity index is 882. The van der Waals surface area contributed by atoms with Crippen molar-refractivity contribution in [2.75, 3.05) is 14.2 Å². The molecule has 1 heterocycles. The van der Waals surface area contributed by atoms with Crippen LogP contribution in [0.2, 0.25) is 0 Å². The fourth-order valence-electron chi connectivity index (χ4n) is 2.36. The van der Waals surface area contributed by atoms with Crippen molar-refractivity contribution in [3.8, 4) is 11.5 Å². The van der Waals surface area contributed by atoms with Crippen molar-refractivity contribution < 1.29 is 19.0 Å². The summed E-state index contributed by atoms with van der Waals surface area (Å²) in [5.74, 6) is 1.49. The second-order valence-corrected chi connectivity index (χ2v) is 5.26. The number of imidazole rings is 1. The smallest absolute Gasteiger partial charge is 0.330 e. The Labute approximate surface area is 145 Å². The topological polar surface area (TPSA) is 73.4 Å². The second kappa shape index (κ2) is 7.53. The first-order valence-corrected chi connectivity index (χ1v) is 7.70. The molecule has 0 bridgehead atoms. The van der Waals surface area contributed by atoms with Gasteiger partial charge in [0, 0.05) is 6.08 Å². The highest BCUT2D eigenvalue weighted by Crippen LogP contribution is 2.29. The maximum atomic E-state index is 11.2. The van der Waals surface area contributed by atoms with Gasteiger partial charge in [0.15, 0.2) is 11.5 Å². The van der Waals surface area contributed by atoms with E-state index in [1.165, 1.54) is 13.2 Å². The van der Waals surface area contributed by atoms with E-state index >= 15 is 0 Å². The molecule has 2 aromatic carbocycles. The zero-order valence-electron chi connectivity index (χ0n) is 14.0. The third-order valence-corrected chi connectivity index (χ3v) is 3.60. The summed E-state index contributed by atoms with van der Waals surface area (Å²) in [5.41, 5.74) is 2.67. The van der Waals surface area contributed by atoms with E-state index < -0.39 is 5.97 Å². The van der Waals surface area contributed by atoms with Crippen molar-refractivity contribution in [1.29, 1.82) is 0 Å². The van der Waals surface area contributed by atoms with Crippen LogP contribution in [0.5, 0.6) is 11.5 Å². The van der Waals surface area contributed by atoms with Crippen molar-refractivity contribution >= 4 is 23.1 Å². The number of hydrogen-bond acceptors (Lipinski definition) is 5. The summed E-state index contributed by atoms with van der Waals surface area (Å²) in [6.07, 6.45) is 3.00. The molecule has 3 aromatic rings. The molecule has 0 atom stereocenters. The van der Waals surface area contributed by atoms with Crippen LogP contribution in [0.25, 0.3) is 17.1 Å². The Balaban J connectivity index is 1.73. The van der Waals surface area contributed by atoms with E-state index in [1.54, 1.807) is 25.3 Å². The largest absolute Gasteiger partial charge is 0.493 e. The van der Waals surface area contributed by atoms with Crippen LogP contribution in [-0.2, 0) is 16.1 Å². The van der Waals surface area contributed by atoms with Crippen LogP contribution in [0.4, 0.5) is 0 Å². The lowest BCUT2D eigenvalue weighted by atomic mass is 10.2. The van der Waals surface area contributed by atoms with Gasteiger partial charge in [-0.2, -0.15) is 0 Å².